The number of fused-ring (bicyclic) bond motifs is 1. The third kappa shape index (κ3) is 5.52. The normalized spacial score (nSPS) is 22.3. The predicted octanol–water partition coefficient (Wildman–Crippen LogP) is 4.60. The standard InChI is InChI=1S/C29H35N3O3/c30-20-23-10-4-5-11-24(23)25(29(33)22-8-2-1-3-9-22)14-15-31-16-18-32(19-17-31)28-21-34-26-12-6-7-13-27(26)35-28/h4-7,10-13,22,25,28H,1-3,8-9,14-19,21H2. The summed E-state index contributed by atoms with van der Waals surface area (Å²) < 4.78 is 12.1. The van der Waals surface area contributed by atoms with Gasteiger partial charge < -0.3 is 14.4 Å². The lowest BCUT2D eigenvalue weighted by Gasteiger charge is -2.40. The number of hydrogen-bond acceptors (Lipinski definition) is 6. The molecule has 2 fully saturated rings. The quantitative estimate of drug-likeness (QED) is 0.586. The van der Waals surface area contributed by atoms with Crippen molar-refractivity contribution in [1.29, 1.82) is 5.26 Å². The van der Waals surface area contributed by atoms with E-state index >= 15 is 0 Å². The topological polar surface area (TPSA) is 65.8 Å². The van der Waals surface area contributed by atoms with Gasteiger partial charge in [0.25, 0.3) is 0 Å². The Labute approximate surface area is 208 Å². The summed E-state index contributed by atoms with van der Waals surface area (Å²) in [6.45, 7) is 5.09. The molecule has 184 valence electrons. The van der Waals surface area contributed by atoms with Crippen molar-refractivity contribution in [2.75, 3.05) is 39.3 Å². The largest absolute Gasteiger partial charge is 0.484 e. The Balaban J connectivity index is 1.20. The van der Waals surface area contributed by atoms with Crippen molar-refractivity contribution in [2.45, 2.75) is 50.7 Å². The highest BCUT2D eigenvalue weighted by atomic mass is 16.6. The van der Waals surface area contributed by atoms with Crippen molar-refractivity contribution in [3.8, 4) is 17.6 Å². The van der Waals surface area contributed by atoms with E-state index in [0.29, 0.717) is 18.0 Å². The predicted molar refractivity (Wildman–Crippen MR) is 134 cm³/mol. The molecule has 2 unspecified atom stereocenters. The van der Waals surface area contributed by atoms with E-state index in [-0.39, 0.29) is 18.1 Å². The highest BCUT2D eigenvalue weighted by molar-refractivity contribution is 5.88. The number of carbonyl (C=O) groups is 1. The second-order valence-corrected chi connectivity index (χ2v) is 9.99. The SMILES string of the molecule is N#Cc1ccccc1C(CCN1CCN(C2COc3ccccc3O2)CC1)C(=O)C1CCCCC1. The van der Waals surface area contributed by atoms with Crippen molar-refractivity contribution in [2.24, 2.45) is 5.92 Å². The van der Waals surface area contributed by atoms with Gasteiger partial charge in [-0.15, -0.1) is 0 Å². The number of ether oxygens (including phenoxy) is 2. The van der Waals surface area contributed by atoms with Crippen LogP contribution in [0.2, 0.25) is 0 Å². The molecular formula is C29H35N3O3. The lowest BCUT2D eigenvalue weighted by Crippen LogP contribution is -2.54. The number of rotatable bonds is 7. The third-order valence-corrected chi connectivity index (χ3v) is 7.85. The molecule has 0 radical (unpaired) electrons. The van der Waals surface area contributed by atoms with E-state index in [0.717, 1.165) is 81.9 Å². The summed E-state index contributed by atoms with van der Waals surface area (Å²) in [4.78, 5) is 18.4. The Morgan fingerprint density at radius 1 is 0.971 bits per heavy atom. The number of Topliss-reactive ketones (excluding diaryl/α,β-unsaturated/α-hetero) is 1. The van der Waals surface area contributed by atoms with Gasteiger partial charge in [0.15, 0.2) is 17.7 Å². The number of carbonyl (C=O) groups excluding carboxylic acids is 1. The van der Waals surface area contributed by atoms with Gasteiger partial charge in [-0.2, -0.15) is 5.26 Å². The van der Waals surface area contributed by atoms with Gasteiger partial charge in [-0.3, -0.25) is 9.69 Å². The van der Waals surface area contributed by atoms with Crippen molar-refractivity contribution in [1.82, 2.24) is 9.80 Å². The molecule has 5 rings (SSSR count). The van der Waals surface area contributed by atoms with E-state index in [9.17, 15) is 10.1 Å². The molecule has 0 spiro atoms. The lowest BCUT2D eigenvalue weighted by atomic mass is 9.77. The van der Waals surface area contributed by atoms with Crippen LogP contribution in [0.3, 0.4) is 0 Å². The Hall–Kier alpha value is -2.88. The summed E-state index contributed by atoms with van der Waals surface area (Å²) in [5.41, 5.74) is 1.55. The summed E-state index contributed by atoms with van der Waals surface area (Å²) in [7, 11) is 0. The first-order chi connectivity index (χ1) is 17.2. The zero-order valence-electron chi connectivity index (χ0n) is 20.4. The molecule has 2 heterocycles. The zero-order chi connectivity index (χ0) is 24.0. The van der Waals surface area contributed by atoms with Gasteiger partial charge in [0.1, 0.15) is 12.4 Å². The van der Waals surface area contributed by atoms with Crippen LogP contribution in [0.4, 0.5) is 0 Å². The van der Waals surface area contributed by atoms with Crippen molar-refractivity contribution in [3.05, 3.63) is 59.7 Å². The average Bonchev–Trinajstić information content (AvgIpc) is 2.94. The summed E-state index contributed by atoms with van der Waals surface area (Å²) in [6, 6.07) is 17.8. The van der Waals surface area contributed by atoms with Crippen LogP contribution in [0.5, 0.6) is 11.5 Å². The molecule has 6 heteroatoms. The molecule has 2 atom stereocenters. The maximum absolute atomic E-state index is 13.6. The summed E-state index contributed by atoms with van der Waals surface area (Å²) >= 11 is 0. The molecular weight excluding hydrogens is 438 g/mol. The van der Waals surface area contributed by atoms with Gasteiger partial charge in [0.05, 0.1) is 11.6 Å². The van der Waals surface area contributed by atoms with Crippen molar-refractivity contribution < 1.29 is 14.3 Å². The third-order valence-electron chi connectivity index (χ3n) is 7.85. The Morgan fingerprint density at radius 3 is 2.46 bits per heavy atom. The van der Waals surface area contributed by atoms with Gasteiger partial charge >= 0.3 is 0 Å². The van der Waals surface area contributed by atoms with Crippen LogP contribution in [0.15, 0.2) is 48.5 Å². The van der Waals surface area contributed by atoms with Crippen LogP contribution < -0.4 is 9.47 Å². The Morgan fingerprint density at radius 2 is 1.69 bits per heavy atom. The van der Waals surface area contributed by atoms with Crippen LogP contribution in [0, 0.1) is 17.2 Å². The van der Waals surface area contributed by atoms with Gasteiger partial charge in [0.2, 0.25) is 0 Å². The second-order valence-electron chi connectivity index (χ2n) is 9.99. The molecule has 0 N–H and O–H groups in total. The second kappa shape index (κ2) is 11.2. The van der Waals surface area contributed by atoms with E-state index in [2.05, 4.69) is 15.9 Å². The molecule has 1 saturated heterocycles. The van der Waals surface area contributed by atoms with Crippen LogP contribution in [-0.2, 0) is 4.79 Å². The van der Waals surface area contributed by atoms with Crippen LogP contribution in [0.25, 0.3) is 0 Å². The van der Waals surface area contributed by atoms with E-state index in [1.165, 1.54) is 6.42 Å². The van der Waals surface area contributed by atoms with Gasteiger partial charge in [0, 0.05) is 38.0 Å². The Kier molecular flexibility index (Phi) is 7.66. The minimum atomic E-state index is -0.196. The number of ketones is 1. The number of hydrogen-bond donors (Lipinski definition) is 0. The summed E-state index contributed by atoms with van der Waals surface area (Å²) in [6.07, 6.45) is 6.21. The van der Waals surface area contributed by atoms with Gasteiger partial charge in [-0.05, 0) is 49.6 Å². The molecule has 1 saturated carbocycles. The first-order valence-corrected chi connectivity index (χ1v) is 13.1. The molecule has 0 amide bonds. The molecule has 2 aromatic rings. The molecule has 2 aliphatic heterocycles. The van der Waals surface area contributed by atoms with Crippen LogP contribution in [-0.4, -0.2) is 61.1 Å². The Bertz CT molecular complexity index is 1050. The molecule has 3 aliphatic rings. The fraction of sp³-hybridized carbons (Fsp3) is 0.517. The maximum Gasteiger partial charge on any atom is 0.187 e. The maximum atomic E-state index is 13.6. The number of nitrogens with zero attached hydrogens (tertiary/aromatic N) is 3. The minimum Gasteiger partial charge on any atom is -0.484 e. The lowest BCUT2D eigenvalue weighted by molar-refractivity contribution is -0.125. The average molecular weight is 474 g/mol. The van der Waals surface area contributed by atoms with Crippen LogP contribution >= 0.6 is 0 Å². The van der Waals surface area contributed by atoms with E-state index < -0.39 is 0 Å². The van der Waals surface area contributed by atoms with E-state index in [4.69, 9.17) is 9.47 Å². The minimum absolute atomic E-state index is 0.0600. The first kappa shape index (κ1) is 23.8. The zero-order valence-corrected chi connectivity index (χ0v) is 20.4. The highest BCUT2D eigenvalue weighted by Crippen LogP contribution is 2.34. The molecule has 35 heavy (non-hydrogen) atoms. The van der Waals surface area contributed by atoms with Gasteiger partial charge in [-0.1, -0.05) is 49.6 Å². The van der Waals surface area contributed by atoms with Crippen LogP contribution in [0.1, 0.15) is 55.6 Å². The molecule has 0 bridgehead atoms. The van der Waals surface area contributed by atoms with Crippen molar-refractivity contribution in [3.63, 3.8) is 0 Å². The smallest absolute Gasteiger partial charge is 0.187 e. The first-order valence-electron chi connectivity index (χ1n) is 13.1. The number of para-hydroxylation sites is 2. The fourth-order valence-corrected chi connectivity index (χ4v) is 5.80. The van der Waals surface area contributed by atoms with Gasteiger partial charge in [-0.25, -0.2) is 0 Å². The molecule has 0 aromatic heterocycles. The number of benzene rings is 2. The van der Waals surface area contributed by atoms with E-state index in [1.807, 2.05) is 48.5 Å². The monoisotopic (exact) mass is 473 g/mol. The molecule has 2 aromatic carbocycles. The van der Waals surface area contributed by atoms with E-state index in [1.54, 1.807) is 0 Å². The molecule has 1 aliphatic carbocycles. The highest BCUT2D eigenvalue weighted by Gasteiger charge is 2.33. The fourth-order valence-electron chi connectivity index (χ4n) is 5.80. The number of nitriles is 1. The summed E-state index contributed by atoms with van der Waals surface area (Å²) in [5, 5.41) is 9.69. The summed E-state index contributed by atoms with van der Waals surface area (Å²) in [5.74, 6) is 1.92. The number of piperazine rings is 1. The van der Waals surface area contributed by atoms with Crippen molar-refractivity contribution >= 4 is 5.78 Å². The molecule has 6 nitrogen and oxygen atoms in total.